The number of hydrogen-bond acceptors (Lipinski definition) is 2. The molecule has 1 atom stereocenters. The molecule has 3 nitrogen and oxygen atoms in total. The smallest absolute Gasteiger partial charge is 0.303 e. The van der Waals surface area contributed by atoms with Crippen LogP contribution in [-0.2, 0) is 11.2 Å². The topological polar surface area (TPSA) is 63.3 Å². The zero-order valence-corrected chi connectivity index (χ0v) is 8.92. The Balaban J connectivity index is 2.65. The van der Waals surface area contributed by atoms with Crippen molar-refractivity contribution in [2.75, 3.05) is 0 Å². The van der Waals surface area contributed by atoms with Crippen molar-refractivity contribution < 1.29 is 23.1 Å². The molecule has 0 aliphatic heterocycles. The van der Waals surface area contributed by atoms with Crippen LogP contribution in [0.4, 0.5) is 13.2 Å². The molecule has 6 heteroatoms. The lowest BCUT2D eigenvalue weighted by Crippen LogP contribution is -2.24. The summed E-state index contributed by atoms with van der Waals surface area (Å²) >= 11 is 0. The molecule has 0 bridgehead atoms. The third-order valence-corrected chi connectivity index (χ3v) is 2.27. The van der Waals surface area contributed by atoms with E-state index < -0.39 is 29.5 Å². The highest BCUT2D eigenvalue weighted by atomic mass is 19.2. The van der Waals surface area contributed by atoms with Gasteiger partial charge in [0, 0.05) is 12.5 Å². The van der Waals surface area contributed by atoms with Crippen molar-refractivity contribution >= 4 is 5.97 Å². The van der Waals surface area contributed by atoms with Crippen molar-refractivity contribution in [3.05, 3.63) is 35.1 Å². The quantitative estimate of drug-likeness (QED) is 0.780. The van der Waals surface area contributed by atoms with Crippen LogP contribution >= 0.6 is 0 Å². The third kappa shape index (κ3) is 4.07. The summed E-state index contributed by atoms with van der Waals surface area (Å²) in [6.07, 6.45) is 0.171. The Morgan fingerprint density at radius 3 is 2.29 bits per heavy atom. The number of rotatable bonds is 5. The molecule has 1 aromatic rings. The molecule has 0 aliphatic carbocycles. The monoisotopic (exact) mass is 247 g/mol. The lowest BCUT2D eigenvalue weighted by atomic mass is 10.0. The van der Waals surface area contributed by atoms with E-state index in [0.717, 1.165) is 12.1 Å². The van der Waals surface area contributed by atoms with Crippen LogP contribution in [0.5, 0.6) is 0 Å². The van der Waals surface area contributed by atoms with Gasteiger partial charge in [-0.3, -0.25) is 4.79 Å². The first-order valence-corrected chi connectivity index (χ1v) is 5.01. The molecule has 1 unspecified atom stereocenters. The van der Waals surface area contributed by atoms with Gasteiger partial charge < -0.3 is 10.8 Å². The lowest BCUT2D eigenvalue weighted by Gasteiger charge is -2.10. The molecular formula is C11H12F3NO2. The zero-order chi connectivity index (χ0) is 13.0. The summed E-state index contributed by atoms with van der Waals surface area (Å²) in [5.41, 5.74) is 5.80. The Hall–Kier alpha value is -1.56. The van der Waals surface area contributed by atoms with Gasteiger partial charge in [0.1, 0.15) is 0 Å². The van der Waals surface area contributed by atoms with E-state index in [-0.39, 0.29) is 24.8 Å². The van der Waals surface area contributed by atoms with Gasteiger partial charge in [-0.1, -0.05) is 0 Å². The summed E-state index contributed by atoms with van der Waals surface area (Å²) in [7, 11) is 0. The Bertz CT molecular complexity index is 400. The van der Waals surface area contributed by atoms with Gasteiger partial charge in [-0.15, -0.1) is 0 Å². The number of benzene rings is 1. The van der Waals surface area contributed by atoms with Gasteiger partial charge in [0.15, 0.2) is 17.5 Å². The van der Waals surface area contributed by atoms with Gasteiger partial charge in [-0.25, -0.2) is 13.2 Å². The van der Waals surface area contributed by atoms with E-state index in [0.29, 0.717) is 0 Å². The first-order valence-electron chi connectivity index (χ1n) is 5.01. The van der Waals surface area contributed by atoms with E-state index >= 15 is 0 Å². The van der Waals surface area contributed by atoms with Crippen molar-refractivity contribution in [1.82, 2.24) is 0 Å². The summed E-state index contributed by atoms with van der Waals surface area (Å²) in [4.78, 5) is 10.3. The van der Waals surface area contributed by atoms with Gasteiger partial charge in [0.25, 0.3) is 0 Å². The molecule has 0 saturated heterocycles. The highest BCUT2D eigenvalue weighted by Gasteiger charge is 2.13. The molecule has 1 aromatic carbocycles. The summed E-state index contributed by atoms with van der Waals surface area (Å²) in [6.45, 7) is 0. The van der Waals surface area contributed by atoms with Crippen molar-refractivity contribution in [1.29, 1.82) is 0 Å². The van der Waals surface area contributed by atoms with Gasteiger partial charge in [0.05, 0.1) is 0 Å². The van der Waals surface area contributed by atoms with Crippen LogP contribution in [0.1, 0.15) is 18.4 Å². The molecule has 0 aromatic heterocycles. The number of carbonyl (C=O) groups is 1. The number of carboxylic acids is 1. The Kier molecular flexibility index (Phi) is 4.51. The second kappa shape index (κ2) is 5.67. The number of nitrogens with two attached hydrogens (primary N) is 1. The van der Waals surface area contributed by atoms with Crippen LogP contribution in [0.15, 0.2) is 12.1 Å². The van der Waals surface area contributed by atoms with E-state index in [4.69, 9.17) is 10.8 Å². The first kappa shape index (κ1) is 13.5. The van der Waals surface area contributed by atoms with Gasteiger partial charge in [0.2, 0.25) is 0 Å². The Morgan fingerprint density at radius 2 is 1.82 bits per heavy atom. The lowest BCUT2D eigenvalue weighted by molar-refractivity contribution is -0.137. The Morgan fingerprint density at radius 1 is 1.29 bits per heavy atom. The maximum atomic E-state index is 12.9. The minimum atomic E-state index is -1.52. The maximum Gasteiger partial charge on any atom is 0.303 e. The second-order valence-electron chi connectivity index (χ2n) is 3.77. The molecule has 0 amide bonds. The van der Waals surface area contributed by atoms with E-state index in [9.17, 15) is 18.0 Å². The minimum absolute atomic E-state index is 0.0986. The number of hydrogen-bond donors (Lipinski definition) is 2. The molecule has 0 radical (unpaired) electrons. The van der Waals surface area contributed by atoms with Gasteiger partial charge in [-0.05, 0) is 30.5 Å². The molecule has 94 valence electrons. The average molecular weight is 247 g/mol. The maximum absolute atomic E-state index is 12.9. The van der Waals surface area contributed by atoms with Gasteiger partial charge >= 0.3 is 5.97 Å². The van der Waals surface area contributed by atoms with E-state index in [1.165, 1.54) is 0 Å². The summed E-state index contributed by atoms with van der Waals surface area (Å²) in [6, 6.07) is 1.19. The second-order valence-corrected chi connectivity index (χ2v) is 3.77. The van der Waals surface area contributed by atoms with Crippen LogP contribution < -0.4 is 5.73 Å². The molecule has 17 heavy (non-hydrogen) atoms. The molecule has 0 fully saturated rings. The van der Waals surface area contributed by atoms with Crippen molar-refractivity contribution in [2.24, 2.45) is 5.73 Å². The average Bonchev–Trinajstić information content (AvgIpc) is 2.23. The minimum Gasteiger partial charge on any atom is -0.481 e. The van der Waals surface area contributed by atoms with E-state index in [2.05, 4.69) is 0 Å². The molecule has 0 saturated carbocycles. The molecule has 0 spiro atoms. The van der Waals surface area contributed by atoms with E-state index in [1.807, 2.05) is 0 Å². The standard InChI is InChI=1S/C11H12F3NO2/c12-8-4-6(5-9(13)11(8)14)3-7(15)1-2-10(16)17/h4-5,7H,1-3,15H2,(H,16,17). The van der Waals surface area contributed by atoms with Crippen molar-refractivity contribution in [3.63, 3.8) is 0 Å². The fourth-order valence-corrected chi connectivity index (χ4v) is 1.44. The summed E-state index contributed by atoms with van der Waals surface area (Å²) in [5, 5.41) is 8.43. The van der Waals surface area contributed by atoms with Crippen LogP contribution in [0.3, 0.4) is 0 Å². The fourth-order valence-electron chi connectivity index (χ4n) is 1.44. The highest BCUT2D eigenvalue weighted by Crippen LogP contribution is 2.15. The van der Waals surface area contributed by atoms with Crippen LogP contribution in [0.2, 0.25) is 0 Å². The highest BCUT2D eigenvalue weighted by molar-refractivity contribution is 5.66. The largest absolute Gasteiger partial charge is 0.481 e. The van der Waals surface area contributed by atoms with Crippen molar-refractivity contribution in [3.8, 4) is 0 Å². The number of halogens is 3. The molecule has 3 N–H and O–H groups in total. The SMILES string of the molecule is NC(CCC(=O)O)Cc1cc(F)c(F)c(F)c1. The Labute approximate surface area is 96.0 Å². The van der Waals surface area contributed by atoms with Crippen molar-refractivity contribution in [2.45, 2.75) is 25.3 Å². The third-order valence-electron chi connectivity index (χ3n) is 2.27. The van der Waals surface area contributed by atoms with Crippen LogP contribution in [-0.4, -0.2) is 17.1 Å². The number of aliphatic carboxylic acids is 1. The summed E-state index contributed by atoms with van der Waals surface area (Å²) in [5.74, 6) is -5.05. The normalized spacial score (nSPS) is 12.5. The zero-order valence-electron chi connectivity index (χ0n) is 8.92. The molecule has 0 aliphatic rings. The number of carboxylic acid groups (broad SMARTS) is 1. The molecule has 1 rings (SSSR count). The van der Waals surface area contributed by atoms with E-state index in [1.54, 1.807) is 0 Å². The first-order chi connectivity index (χ1) is 7.90. The molecule has 0 heterocycles. The molecular weight excluding hydrogens is 235 g/mol. The van der Waals surface area contributed by atoms with Gasteiger partial charge in [-0.2, -0.15) is 0 Å². The predicted octanol–water partition coefficient (Wildman–Crippen LogP) is 1.84. The fraction of sp³-hybridized carbons (Fsp3) is 0.364. The predicted molar refractivity (Wildman–Crippen MR) is 54.9 cm³/mol. The summed E-state index contributed by atoms with van der Waals surface area (Å²) < 4.78 is 38.4. The van der Waals surface area contributed by atoms with Crippen LogP contribution in [0, 0.1) is 17.5 Å². The van der Waals surface area contributed by atoms with Crippen LogP contribution in [0.25, 0.3) is 0 Å².